The number of nitrogens with zero attached hydrogens (tertiary/aromatic N) is 2. The maximum atomic E-state index is 15.3. The molecule has 0 aliphatic carbocycles. The van der Waals surface area contributed by atoms with E-state index in [4.69, 9.17) is 0 Å². The molecule has 2 aromatic carbocycles. The number of rotatable bonds is 6. The van der Waals surface area contributed by atoms with Crippen molar-refractivity contribution in [2.24, 2.45) is 0 Å². The summed E-state index contributed by atoms with van der Waals surface area (Å²) in [6.07, 6.45) is 4.40. The first kappa shape index (κ1) is 23.2. The van der Waals surface area contributed by atoms with Crippen molar-refractivity contribution < 1.29 is 26.4 Å². The number of hydrogen-bond acceptors (Lipinski definition) is 5. The number of sulfonamides is 1. The fraction of sp³-hybridized carbons (Fsp3) is 0. The third-order valence-corrected chi connectivity index (χ3v) is 6.77. The van der Waals surface area contributed by atoms with Crippen molar-refractivity contribution in [3.05, 3.63) is 108 Å². The first-order valence-electron chi connectivity index (χ1n) is 10.4. The molecule has 0 radical (unpaired) electrons. The van der Waals surface area contributed by atoms with Gasteiger partial charge in [0.05, 0.1) is 21.8 Å². The van der Waals surface area contributed by atoms with Crippen LogP contribution in [0, 0.1) is 17.5 Å². The van der Waals surface area contributed by atoms with Crippen LogP contribution in [0.2, 0.25) is 0 Å². The van der Waals surface area contributed by atoms with Crippen LogP contribution < -0.4 is 4.72 Å². The molecule has 5 aromatic rings. The molecule has 0 atom stereocenters. The summed E-state index contributed by atoms with van der Waals surface area (Å²) >= 11 is 0. The summed E-state index contributed by atoms with van der Waals surface area (Å²) in [4.78, 5) is 24.1. The maximum absolute atomic E-state index is 15.3. The lowest BCUT2D eigenvalue weighted by molar-refractivity contribution is 0.103. The molecule has 3 aromatic heterocycles. The monoisotopic (exact) mass is 508 g/mol. The molecule has 11 heteroatoms. The Balaban J connectivity index is 1.55. The third kappa shape index (κ3) is 4.20. The Bertz CT molecular complexity index is 1740. The highest BCUT2D eigenvalue weighted by molar-refractivity contribution is 7.92. The van der Waals surface area contributed by atoms with Crippen molar-refractivity contribution >= 4 is 32.5 Å². The largest absolute Gasteiger partial charge is 0.345 e. The predicted octanol–water partition coefficient (Wildman–Crippen LogP) is 5.07. The van der Waals surface area contributed by atoms with Crippen molar-refractivity contribution in [1.29, 1.82) is 0 Å². The van der Waals surface area contributed by atoms with Crippen molar-refractivity contribution in [3.8, 4) is 11.3 Å². The molecule has 0 saturated carbocycles. The molecule has 0 amide bonds. The number of H-pyrrole nitrogens is 1. The molecule has 7 nitrogen and oxygen atoms in total. The Hall–Kier alpha value is -4.51. The van der Waals surface area contributed by atoms with Gasteiger partial charge in [0.25, 0.3) is 10.0 Å². The number of benzene rings is 2. The van der Waals surface area contributed by atoms with Gasteiger partial charge in [-0.15, -0.1) is 0 Å². The van der Waals surface area contributed by atoms with Crippen LogP contribution in [0.4, 0.5) is 18.9 Å². The highest BCUT2D eigenvalue weighted by Gasteiger charge is 2.26. The van der Waals surface area contributed by atoms with Gasteiger partial charge in [-0.1, -0.05) is 12.1 Å². The lowest BCUT2D eigenvalue weighted by Crippen LogP contribution is -2.16. The van der Waals surface area contributed by atoms with Gasteiger partial charge in [-0.3, -0.25) is 14.5 Å². The number of pyridine rings is 2. The van der Waals surface area contributed by atoms with Crippen LogP contribution in [-0.2, 0) is 10.0 Å². The van der Waals surface area contributed by atoms with Crippen LogP contribution in [0.3, 0.4) is 0 Å². The maximum Gasteiger partial charge on any atom is 0.262 e. The van der Waals surface area contributed by atoms with E-state index in [0.717, 1.165) is 30.3 Å². The predicted molar refractivity (Wildman–Crippen MR) is 126 cm³/mol. The normalized spacial score (nSPS) is 11.5. The average molecular weight is 508 g/mol. The smallest absolute Gasteiger partial charge is 0.262 e. The molecule has 2 N–H and O–H groups in total. The fourth-order valence-electron chi connectivity index (χ4n) is 3.68. The number of carbonyl (C=O) groups is 1. The number of carbonyl (C=O) groups excluding carboxylic acids is 1. The molecule has 180 valence electrons. The van der Waals surface area contributed by atoms with Gasteiger partial charge < -0.3 is 4.98 Å². The molecule has 5 rings (SSSR count). The molecular weight excluding hydrogens is 493 g/mol. The van der Waals surface area contributed by atoms with Crippen molar-refractivity contribution in [3.63, 3.8) is 0 Å². The summed E-state index contributed by atoms with van der Waals surface area (Å²) in [6, 6.07) is 12.5. The first-order chi connectivity index (χ1) is 17.2. The van der Waals surface area contributed by atoms with E-state index in [0.29, 0.717) is 22.3 Å². The Kier molecular flexibility index (Phi) is 5.77. The fourth-order valence-corrected chi connectivity index (χ4v) is 4.77. The van der Waals surface area contributed by atoms with Crippen molar-refractivity contribution in [2.75, 3.05) is 4.72 Å². The average Bonchev–Trinajstić information content (AvgIpc) is 3.30. The van der Waals surface area contributed by atoms with E-state index in [9.17, 15) is 22.0 Å². The van der Waals surface area contributed by atoms with Crippen LogP contribution in [0.25, 0.3) is 22.3 Å². The van der Waals surface area contributed by atoms with Crippen LogP contribution in [0.5, 0.6) is 0 Å². The number of halogens is 3. The van der Waals surface area contributed by atoms with Gasteiger partial charge >= 0.3 is 0 Å². The first-order valence-corrected chi connectivity index (χ1v) is 11.9. The van der Waals surface area contributed by atoms with Gasteiger partial charge in [0.1, 0.15) is 17.3 Å². The van der Waals surface area contributed by atoms with Crippen molar-refractivity contribution in [2.45, 2.75) is 4.90 Å². The molecule has 0 fully saturated rings. The highest BCUT2D eigenvalue weighted by atomic mass is 32.2. The molecule has 0 bridgehead atoms. The summed E-state index contributed by atoms with van der Waals surface area (Å²) in [7, 11) is -4.43. The molecule has 0 aliphatic rings. The Labute approximate surface area is 202 Å². The summed E-state index contributed by atoms with van der Waals surface area (Å²) in [6.45, 7) is 0. The van der Waals surface area contributed by atoms with Crippen LogP contribution >= 0.6 is 0 Å². The zero-order chi connectivity index (χ0) is 25.4. The minimum atomic E-state index is -4.43. The highest BCUT2D eigenvalue weighted by Crippen LogP contribution is 2.29. The van der Waals surface area contributed by atoms with Gasteiger partial charge in [-0.25, -0.2) is 26.6 Å². The molecule has 0 unspecified atom stereocenters. The zero-order valence-electron chi connectivity index (χ0n) is 18.2. The number of aromatic amines is 1. The van der Waals surface area contributed by atoms with E-state index in [-0.39, 0.29) is 5.56 Å². The molecule has 36 heavy (non-hydrogen) atoms. The second kappa shape index (κ2) is 8.93. The Morgan fingerprint density at radius 1 is 0.944 bits per heavy atom. The number of hydrogen-bond donors (Lipinski definition) is 2. The number of ketones is 1. The molecule has 0 saturated heterocycles. The van der Waals surface area contributed by atoms with Crippen LogP contribution in [-0.4, -0.2) is 29.2 Å². The molecule has 0 spiro atoms. The lowest BCUT2D eigenvalue weighted by Gasteiger charge is -2.12. The van der Waals surface area contributed by atoms with Gasteiger partial charge in [-0.2, -0.15) is 0 Å². The number of fused-ring (bicyclic) bond motifs is 1. The molecule has 0 aliphatic heterocycles. The van der Waals surface area contributed by atoms with Crippen LogP contribution in [0.1, 0.15) is 15.9 Å². The standard InChI is InChI=1S/C25H15F3N4O3S/c26-15-4-3-5-16(11-15)36(34,35)32-21-8-7-19(27)22(23(21)28)24(33)18-13-31-25-17(18)10-14(12-30-25)20-6-1-2-9-29-20/h1-13,32H,(H,30,31). The number of nitrogens with one attached hydrogen (secondary N) is 2. The van der Waals surface area contributed by atoms with Crippen LogP contribution in [0.15, 0.2) is 84.1 Å². The second-order valence-electron chi connectivity index (χ2n) is 7.71. The summed E-state index contributed by atoms with van der Waals surface area (Å²) in [5, 5.41) is 0.299. The third-order valence-electron chi connectivity index (χ3n) is 5.41. The molecule has 3 heterocycles. The lowest BCUT2D eigenvalue weighted by atomic mass is 10.0. The van der Waals surface area contributed by atoms with E-state index < -0.39 is 49.4 Å². The van der Waals surface area contributed by atoms with Gasteiger partial charge in [0.2, 0.25) is 5.78 Å². The number of anilines is 1. The number of aromatic nitrogens is 3. The van der Waals surface area contributed by atoms with Gasteiger partial charge in [0, 0.05) is 35.1 Å². The minimum absolute atomic E-state index is 0.0711. The van der Waals surface area contributed by atoms with Gasteiger partial charge in [0.15, 0.2) is 5.82 Å². The Morgan fingerprint density at radius 3 is 2.53 bits per heavy atom. The summed E-state index contributed by atoms with van der Waals surface area (Å²) in [5.74, 6) is -4.44. The van der Waals surface area contributed by atoms with Crippen molar-refractivity contribution in [1.82, 2.24) is 15.0 Å². The zero-order valence-corrected chi connectivity index (χ0v) is 19.0. The Morgan fingerprint density at radius 2 is 1.78 bits per heavy atom. The van der Waals surface area contributed by atoms with E-state index in [1.165, 1.54) is 12.3 Å². The van der Waals surface area contributed by atoms with Gasteiger partial charge in [-0.05, 0) is 48.5 Å². The van der Waals surface area contributed by atoms with E-state index in [1.54, 1.807) is 36.7 Å². The van der Waals surface area contributed by atoms with E-state index in [1.807, 2.05) is 4.72 Å². The topological polar surface area (TPSA) is 105 Å². The molecular formula is C25H15F3N4O3S. The van der Waals surface area contributed by atoms with E-state index >= 15 is 4.39 Å². The quantitative estimate of drug-likeness (QED) is 0.312. The summed E-state index contributed by atoms with van der Waals surface area (Å²) < 4.78 is 70.7. The SMILES string of the molecule is O=C(c1c(F)ccc(NS(=O)(=O)c2cccc(F)c2)c1F)c1c[nH]c2ncc(-c3ccccn3)cc12. The minimum Gasteiger partial charge on any atom is -0.345 e. The second-order valence-corrected chi connectivity index (χ2v) is 9.40. The summed E-state index contributed by atoms with van der Waals surface area (Å²) in [5.41, 5.74) is -0.235. The van der Waals surface area contributed by atoms with E-state index in [2.05, 4.69) is 15.0 Å².